The van der Waals surface area contributed by atoms with Crippen LogP contribution in [0.5, 0.6) is 5.75 Å². The second kappa shape index (κ2) is 11.9. The van der Waals surface area contributed by atoms with Gasteiger partial charge in [-0.05, 0) is 76.6 Å². The summed E-state index contributed by atoms with van der Waals surface area (Å²) in [6, 6.07) is 27.0. The Kier molecular flexibility index (Phi) is 8.48. The minimum absolute atomic E-state index is 0.270. The van der Waals surface area contributed by atoms with E-state index in [9.17, 15) is 9.59 Å². The Morgan fingerprint density at radius 1 is 0.778 bits per heavy atom. The zero-order chi connectivity index (χ0) is 25.5. The van der Waals surface area contributed by atoms with Crippen LogP contribution in [-0.4, -0.2) is 18.4 Å². The van der Waals surface area contributed by atoms with E-state index >= 15 is 0 Å². The van der Waals surface area contributed by atoms with Gasteiger partial charge in [0, 0.05) is 22.1 Å². The van der Waals surface area contributed by atoms with Crippen LogP contribution in [-0.2, 0) is 4.79 Å². The Morgan fingerprint density at radius 3 is 2.14 bits per heavy atom. The first-order valence-electron chi connectivity index (χ1n) is 10.8. The number of rotatable bonds is 8. The maximum atomic E-state index is 12.9. The lowest BCUT2D eigenvalue weighted by Crippen LogP contribution is -2.23. The summed E-state index contributed by atoms with van der Waals surface area (Å²) in [6.45, 7) is -0.314. The highest BCUT2D eigenvalue weighted by Gasteiger charge is 2.15. The molecule has 0 saturated carbocycles. The molecule has 9 heteroatoms. The zero-order valence-corrected chi connectivity index (χ0v) is 21.8. The van der Waals surface area contributed by atoms with Crippen molar-refractivity contribution in [2.45, 2.75) is 0 Å². The van der Waals surface area contributed by atoms with Crippen molar-refractivity contribution in [3.63, 3.8) is 0 Å². The van der Waals surface area contributed by atoms with Gasteiger partial charge in [-0.2, -0.15) is 0 Å². The van der Waals surface area contributed by atoms with E-state index in [0.29, 0.717) is 32.2 Å². The summed E-state index contributed by atoms with van der Waals surface area (Å²) in [5, 5.41) is 9.57. The Bertz CT molecular complexity index is 1360. The van der Waals surface area contributed by atoms with E-state index < -0.39 is 5.91 Å². The second-order valence-corrected chi connectivity index (χ2v) is 9.30. The molecular formula is C27H20BrCl2N3O3. The van der Waals surface area contributed by atoms with Gasteiger partial charge >= 0.3 is 0 Å². The minimum atomic E-state index is -0.454. The highest BCUT2D eigenvalue weighted by molar-refractivity contribution is 9.10. The maximum Gasteiger partial charge on any atom is 0.262 e. The van der Waals surface area contributed by atoms with E-state index in [2.05, 4.69) is 31.9 Å². The molecule has 6 nitrogen and oxygen atoms in total. The zero-order valence-electron chi connectivity index (χ0n) is 18.7. The molecule has 3 N–H and O–H groups in total. The predicted molar refractivity (Wildman–Crippen MR) is 149 cm³/mol. The van der Waals surface area contributed by atoms with Crippen molar-refractivity contribution in [2.24, 2.45) is 0 Å². The first kappa shape index (κ1) is 25.6. The lowest BCUT2D eigenvalue weighted by atomic mass is 10.1. The second-order valence-electron chi connectivity index (χ2n) is 7.60. The van der Waals surface area contributed by atoms with Gasteiger partial charge < -0.3 is 20.7 Å². The van der Waals surface area contributed by atoms with Crippen LogP contribution < -0.4 is 20.7 Å². The normalized spacial score (nSPS) is 10.4. The van der Waals surface area contributed by atoms with Crippen LogP contribution in [0.4, 0.5) is 22.7 Å². The Balaban J connectivity index is 1.38. The van der Waals surface area contributed by atoms with Gasteiger partial charge in [0.15, 0.2) is 12.4 Å². The molecule has 0 unspecified atom stereocenters. The van der Waals surface area contributed by atoms with Gasteiger partial charge in [-0.25, -0.2) is 0 Å². The van der Waals surface area contributed by atoms with E-state index in [0.717, 1.165) is 11.4 Å². The molecule has 0 radical (unpaired) electrons. The number of amides is 2. The molecule has 4 aromatic carbocycles. The third-order valence-corrected chi connectivity index (χ3v) is 6.05. The summed E-state index contributed by atoms with van der Waals surface area (Å²) < 4.78 is 6.08. The van der Waals surface area contributed by atoms with Crippen molar-refractivity contribution in [1.82, 2.24) is 0 Å². The molecule has 4 rings (SSSR count). The highest BCUT2D eigenvalue weighted by atomic mass is 79.9. The van der Waals surface area contributed by atoms with E-state index in [-0.39, 0.29) is 17.5 Å². The fourth-order valence-electron chi connectivity index (χ4n) is 3.30. The average Bonchev–Trinajstić information content (AvgIpc) is 2.85. The third-order valence-electron chi connectivity index (χ3n) is 4.96. The number of ether oxygens (including phenoxy) is 1. The molecule has 0 heterocycles. The fraction of sp³-hybridized carbons (Fsp3) is 0.0370. The summed E-state index contributed by atoms with van der Waals surface area (Å²) >= 11 is 15.4. The SMILES string of the molecule is O=C(COc1c(Cl)cc(Cl)cc1Br)Nc1ccccc1C(=O)Nc1ccc(Nc2ccccc2)cc1. The van der Waals surface area contributed by atoms with E-state index in [1.54, 1.807) is 42.5 Å². The summed E-state index contributed by atoms with van der Waals surface area (Å²) in [5.41, 5.74) is 3.13. The number of carbonyl (C=O) groups excluding carboxylic acids is 2. The van der Waals surface area contributed by atoms with Crippen LogP contribution in [0.2, 0.25) is 10.0 Å². The van der Waals surface area contributed by atoms with E-state index in [4.69, 9.17) is 27.9 Å². The third kappa shape index (κ3) is 6.79. The van der Waals surface area contributed by atoms with Crippen LogP contribution in [0.25, 0.3) is 0 Å². The maximum absolute atomic E-state index is 12.9. The number of halogens is 3. The Labute approximate surface area is 226 Å². The largest absolute Gasteiger partial charge is 0.481 e. The molecule has 182 valence electrons. The minimum Gasteiger partial charge on any atom is -0.481 e. The van der Waals surface area contributed by atoms with Gasteiger partial charge in [0.1, 0.15) is 0 Å². The average molecular weight is 585 g/mol. The van der Waals surface area contributed by atoms with E-state index in [1.807, 2.05) is 42.5 Å². The molecule has 4 aromatic rings. The molecule has 0 bridgehead atoms. The van der Waals surface area contributed by atoms with Crippen LogP contribution in [0.1, 0.15) is 10.4 Å². The van der Waals surface area contributed by atoms with Gasteiger partial charge in [-0.15, -0.1) is 0 Å². The molecule has 0 fully saturated rings. The molecule has 0 aromatic heterocycles. The molecule has 36 heavy (non-hydrogen) atoms. The standard InChI is InChI=1S/C27H20BrCl2N3O3/c28-22-14-17(29)15-23(30)26(22)36-16-25(34)33-24-9-5-4-8-21(24)27(35)32-20-12-10-19(11-13-20)31-18-6-2-1-3-7-18/h1-15,31H,16H2,(H,32,35)(H,33,34). The lowest BCUT2D eigenvalue weighted by molar-refractivity contribution is -0.118. The Morgan fingerprint density at radius 2 is 1.42 bits per heavy atom. The highest BCUT2D eigenvalue weighted by Crippen LogP contribution is 2.36. The molecule has 0 spiro atoms. The molecule has 0 aliphatic heterocycles. The monoisotopic (exact) mass is 583 g/mol. The summed E-state index contributed by atoms with van der Waals surface area (Å²) in [7, 11) is 0. The smallest absolute Gasteiger partial charge is 0.262 e. The van der Waals surface area contributed by atoms with E-state index in [1.165, 1.54) is 6.07 Å². The number of benzene rings is 4. The summed E-state index contributed by atoms with van der Waals surface area (Å²) in [5.74, 6) is -0.518. The fourth-order valence-corrected chi connectivity index (χ4v) is 4.67. The topological polar surface area (TPSA) is 79.5 Å². The van der Waals surface area contributed by atoms with Crippen molar-refractivity contribution in [3.8, 4) is 5.75 Å². The number of hydrogen-bond acceptors (Lipinski definition) is 4. The van der Waals surface area contributed by atoms with Crippen LogP contribution in [0.15, 0.2) is 95.5 Å². The number of carbonyl (C=O) groups is 2. The number of nitrogens with one attached hydrogen (secondary N) is 3. The van der Waals surface area contributed by atoms with Crippen molar-refractivity contribution in [2.75, 3.05) is 22.6 Å². The first-order valence-corrected chi connectivity index (χ1v) is 12.3. The number of para-hydroxylation sites is 2. The summed E-state index contributed by atoms with van der Waals surface area (Å²) in [4.78, 5) is 25.5. The van der Waals surface area contributed by atoms with Crippen LogP contribution in [0.3, 0.4) is 0 Å². The van der Waals surface area contributed by atoms with Gasteiger partial charge in [-0.3, -0.25) is 9.59 Å². The lowest BCUT2D eigenvalue weighted by Gasteiger charge is -2.13. The molecule has 0 atom stereocenters. The predicted octanol–water partition coefficient (Wildman–Crippen LogP) is 7.77. The first-order chi connectivity index (χ1) is 17.4. The van der Waals surface area contributed by atoms with Crippen molar-refractivity contribution in [3.05, 3.63) is 111 Å². The van der Waals surface area contributed by atoms with Crippen molar-refractivity contribution >= 4 is 73.7 Å². The molecule has 2 amide bonds. The van der Waals surface area contributed by atoms with Gasteiger partial charge in [0.2, 0.25) is 0 Å². The number of hydrogen-bond donors (Lipinski definition) is 3. The van der Waals surface area contributed by atoms with Crippen LogP contribution >= 0.6 is 39.1 Å². The van der Waals surface area contributed by atoms with Gasteiger partial charge in [-0.1, -0.05) is 53.5 Å². The molecule has 0 saturated heterocycles. The van der Waals surface area contributed by atoms with Gasteiger partial charge in [0.25, 0.3) is 11.8 Å². The van der Waals surface area contributed by atoms with Crippen molar-refractivity contribution < 1.29 is 14.3 Å². The Hall–Kier alpha value is -3.52. The quantitative estimate of drug-likeness (QED) is 0.198. The number of anilines is 4. The van der Waals surface area contributed by atoms with Gasteiger partial charge in [0.05, 0.1) is 20.7 Å². The van der Waals surface area contributed by atoms with Crippen LogP contribution in [0, 0.1) is 0 Å². The molecule has 0 aliphatic carbocycles. The molecular weight excluding hydrogens is 565 g/mol. The molecule has 0 aliphatic rings. The van der Waals surface area contributed by atoms with Crippen molar-refractivity contribution in [1.29, 1.82) is 0 Å². The summed E-state index contributed by atoms with van der Waals surface area (Å²) in [6.07, 6.45) is 0.